The number of unbranched alkanes of at least 4 members (excludes halogenated alkanes) is 22. The molecule has 0 aliphatic rings. The summed E-state index contributed by atoms with van der Waals surface area (Å²) in [5.41, 5.74) is 5.33. The molecule has 0 fully saturated rings. The van der Waals surface area contributed by atoms with Crippen LogP contribution in [0.15, 0.2) is 36.5 Å². The van der Waals surface area contributed by atoms with E-state index < -0.39 is 51.1 Å². The molecule has 0 radical (unpaired) electrons. The third-order valence-electron chi connectivity index (χ3n) is 9.64. The van der Waals surface area contributed by atoms with E-state index in [4.69, 9.17) is 24.8 Å². The van der Waals surface area contributed by atoms with E-state index in [1.807, 2.05) is 12.2 Å². The first kappa shape index (κ1) is 54.7. The molecule has 0 aromatic heterocycles. The predicted molar refractivity (Wildman–Crippen MR) is 231 cm³/mol. The molecule has 0 saturated carbocycles. The fourth-order valence-corrected chi connectivity index (χ4v) is 6.86. The van der Waals surface area contributed by atoms with Crippen molar-refractivity contribution in [2.75, 3.05) is 19.8 Å². The van der Waals surface area contributed by atoms with Crippen molar-refractivity contribution < 1.29 is 47.5 Å². The van der Waals surface area contributed by atoms with Gasteiger partial charge in [0.25, 0.3) is 0 Å². The number of nitrogens with two attached hydrogens (primary N) is 1. The maximum atomic E-state index is 12.6. The number of hydrogen-bond donors (Lipinski definition) is 3. The van der Waals surface area contributed by atoms with E-state index in [-0.39, 0.29) is 19.4 Å². The van der Waals surface area contributed by atoms with Crippen LogP contribution in [0.5, 0.6) is 0 Å². The molecule has 332 valence electrons. The zero-order valence-corrected chi connectivity index (χ0v) is 36.8. The first-order valence-electron chi connectivity index (χ1n) is 22.5. The fraction of sp³-hybridized carbons (Fsp3) is 0.800. The number of ether oxygens (including phenoxy) is 2. The molecule has 11 nitrogen and oxygen atoms in total. The molecule has 0 aliphatic heterocycles. The standard InChI is InChI=1S/C45H82NO10P/c1-3-5-7-9-11-13-15-17-19-21-23-25-27-29-31-33-35-37-44(48)56-41(39-54-57(51,52)55-40-42(46)45(49)50)38-53-43(47)36-34-32-30-28-26-24-22-20-18-16-14-12-10-8-6-4-2/h17,19,23,25,29,31,41-42H,3-16,18,20-22,24,26-28,30,32-40,46H2,1-2H3,(H,49,50)(H,51,52)/b19-17+,25-23+,31-29+/t41-,42+/m1/s1. The fourth-order valence-electron chi connectivity index (χ4n) is 6.08. The molecule has 0 aliphatic carbocycles. The summed E-state index contributed by atoms with van der Waals surface area (Å²) in [4.78, 5) is 45.9. The van der Waals surface area contributed by atoms with Crippen LogP contribution < -0.4 is 5.73 Å². The summed E-state index contributed by atoms with van der Waals surface area (Å²) in [6.07, 6.45) is 43.6. The quantitative estimate of drug-likeness (QED) is 0.0231. The summed E-state index contributed by atoms with van der Waals surface area (Å²) in [5, 5.41) is 8.89. The van der Waals surface area contributed by atoms with Gasteiger partial charge in [-0.1, -0.05) is 179 Å². The zero-order valence-electron chi connectivity index (χ0n) is 35.9. The van der Waals surface area contributed by atoms with E-state index in [9.17, 15) is 23.8 Å². The van der Waals surface area contributed by atoms with Crippen molar-refractivity contribution >= 4 is 25.7 Å². The smallest absolute Gasteiger partial charge is 0.472 e. The van der Waals surface area contributed by atoms with Gasteiger partial charge in [-0.15, -0.1) is 0 Å². The zero-order chi connectivity index (χ0) is 42.1. The molecule has 0 spiro atoms. The third-order valence-corrected chi connectivity index (χ3v) is 10.6. The number of carboxylic acids is 1. The second-order valence-electron chi connectivity index (χ2n) is 15.2. The molecule has 0 bridgehead atoms. The number of rotatable bonds is 42. The minimum atomic E-state index is -4.73. The maximum Gasteiger partial charge on any atom is 0.472 e. The average molecular weight is 828 g/mol. The van der Waals surface area contributed by atoms with Gasteiger partial charge in [0, 0.05) is 12.8 Å². The summed E-state index contributed by atoms with van der Waals surface area (Å²) >= 11 is 0. The van der Waals surface area contributed by atoms with Crippen molar-refractivity contribution in [3.8, 4) is 0 Å². The van der Waals surface area contributed by atoms with Gasteiger partial charge in [0.2, 0.25) is 0 Å². The molecule has 1 unspecified atom stereocenters. The van der Waals surface area contributed by atoms with Crippen LogP contribution >= 0.6 is 7.82 Å². The summed E-state index contributed by atoms with van der Waals surface area (Å²) in [7, 11) is -4.73. The second kappa shape index (κ2) is 40.5. The molecular formula is C45H82NO10P. The summed E-state index contributed by atoms with van der Waals surface area (Å²) in [6, 6.07) is -1.53. The lowest BCUT2D eigenvalue weighted by Crippen LogP contribution is -2.34. The molecule has 0 rings (SSSR count). The third kappa shape index (κ3) is 40.3. The summed E-state index contributed by atoms with van der Waals surface area (Å²) in [5.74, 6) is -2.44. The van der Waals surface area contributed by atoms with Gasteiger partial charge in [-0.3, -0.25) is 23.4 Å². The van der Waals surface area contributed by atoms with E-state index in [0.29, 0.717) is 19.3 Å². The van der Waals surface area contributed by atoms with Gasteiger partial charge in [-0.05, 0) is 44.9 Å². The Morgan fingerprint density at radius 1 is 0.544 bits per heavy atom. The molecular weight excluding hydrogens is 745 g/mol. The monoisotopic (exact) mass is 828 g/mol. The number of esters is 2. The van der Waals surface area contributed by atoms with E-state index in [2.05, 4.69) is 42.7 Å². The van der Waals surface area contributed by atoms with Crippen molar-refractivity contribution in [3.05, 3.63) is 36.5 Å². The first-order valence-corrected chi connectivity index (χ1v) is 24.0. The van der Waals surface area contributed by atoms with Crippen LogP contribution in [-0.4, -0.2) is 59.9 Å². The normalized spacial score (nSPS) is 14.0. The Hall–Kier alpha value is -2.30. The van der Waals surface area contributed by atoms with Crippen molar-refractivity contribution in [3.63, 3.8) is 0 Å². The van der Waals surface area contributed by atoms with Crippen LogP contribution in [0, 0.1) is 0 Å². The molecule has 57 heavy (non-hydrogen) atoms. The van der Waals surface area contributed by atoms with Crippen LogP contribution in [0.3, 0.4) is 0 Å². The number of phosphoric ester groups is 1. The minimum Gasteiger partial charge on any atom is -0.480 e. The number of phosphoric acid groups is 1. The minimum absolute atomic E-state index is 0.0912. The number of carbonyl (C=O) groups excluding carboxylic acids is 2. The summed E-state index contributed by atoms with van der Waals surface area (Å²) < 4.78 is 32.7. The van der Waals surface area contributed by atoms with Gasteiger partial charge in [0.05, 0.1) is 13.2 Å². The molecule has 0 aromatic rings. The molecule has 0 heterocycles. The van der Waals surface area contributed by atoms with Crippen LogP contribution in [0.2, 0.25) is 0 Å². The van der Waals surface area contributed by atoms with Gasteiger partial charge in [0.1, 0.15) is 12.6 Å². The largest absolute Gasteiger partial charge is 0.480 e. The van der Waals surface area contributed by atoms with Gasteiger partial charge in [0.15, 0.2) is 6.10 Å². The van der Waals surface area contributed by atoms with E-state index in [0.717, 1.165) is 38.5 Å². The van der Waals surface area contributed by atoms with E-state index >= 15 is 0 Å². The van der Waals surface area contributed by atoms with Crippen molar-refractivity contribution in [2.45, 2.75) is 212 Å². The Kier molecular flexibility index (Phi) is 38.8. The van der Waals surface area contributed by atoms with E-state index in [1.54, 1.807) is 0 Å². The number of carbonyl (C=O) groups is 3. The maximum absolute atomic E-state index is 12.6. The Morgan fingerprint density at radius 3 is 1.44 bits per heavy atom. The predicted octanol–water partition coefficient (Wildman–Crippen LogP) is 12.0. The number of hydrogen-bond acceptors (Lipinski definition) is 9. The summed E-state index contributed by atoms with van der Waals surface area (Å²) in [6.45, 7) is 2.76. The van der Waals surface area contributed by atoms with Crippen molar-refractivity contribution in [1.29, 1.82) is 0 Å². The molecule has 3 atom stereocenters. The van der Waals surface area contributed by atoms with Crippen LogP contribution in [-0.2, 0) is 37.5 Å². The number of aliphatic carboxylic acids is 1. The van der Waals surface area contributed by atoms with Crippen LogP contribution in [0.4, 0.5) is 0 Å². The second-order valence-corrected chi connectivity index (χ2v) is 16.6. The highest BCUT2D eigenvalue weighted by Gasteiger charge is 2.28. The highest BCUT2D eigenvalue weighted by Crippen LogP contribution is 2.43. The Bertz CT molecular complexity index is 1110. The topological polar surface area (TPSA) is 172 Å². The lowest BCUT2D eigenvalue weighted by atomic mass is 10.0. The van der Waals surface area contributed by atoms with Gasteiger partial charge < -0.3 is 25.2 Å². The Balaban J connectivity index is 4.41. The van der Waals surface area contributed by atoms with E-state index in [1.165, 1.54) is 116 Å². The average Bonchev–Trinajstić information content (AvgIpc) is 3.19. The van der Waals surface area contributed by atoms with Gasteiger partial charge in [-0.25, -0.2) is 4.57 Å². The van der Waals surface area contributed by atoms with Crippen molar-refractivity contribution in [2.24, 2.45) is 5.73 Å². The Morgan fingerprint density at radius 2 is 0.947 bits per heavy atom. The number of carboxylic acid groups (broad SMARTS) is 1. The first-order chi connectivity index (χ1) is 27.6. The molecule has 12 heteroatoms. The molecule has 0 aromatic carbocycles. The SMILES string of the molecule is CCCCCCCC/C=C/C/C=C/C/C=C/CCCC(=O)O[C@H](COC(=O)CCCCCCCCCCCCCCCCCC)COP(=O)(O)OC[C@H](N)C(=O)O. The lowest BCUT2D eigenvalue weighted by molar-refractivity contribution is -0.161. The number of allylic oxidation sites excluding steroid dienone is 6. The Labute approximate surface area is 346 Å². The van der Waals surface area contributed by atoms with Gasteiger partial charge >= 0.3 is 25.7 Å². The van der Waals surface area contributed by atoms with Gasteiger partial charge in [-0.2, -0.15) is 0 Å². The molecule has 0 saturated heterocycles. The highest BCUT2D eigenvalue weighted by molar-refractivity contribution is 7.47. The molecule has 4 N–H and O–H groups in total. The van der Waals surface area contributed by atoms with Crippen LogP contribution in [0.25, 0.3) is 0 Å². The highest BCUT2D eigenvalue weighted by atomic mass is 31.2. The lowest BCUT2D eigenvalue weighted by Gasteiger charge is -2.20. The van der Waals surface area contributed by atoms with Crippen molar-refractivity contribution in [1.82, 2.24) is 0 Å². The van der Waals surface area contributed by atoms with Crippen LogP contribution in [0.1, 0.15) is 200 Å². The molecule has 0 amide bonds.